The highest BCUT2D eigenvalue weighted by Gasteiger charge is 2.36. The summed E-state index contributed by atoms with van der Waals surface area (Å²) in [7, 11) is 0. The molecule has 0 spiro atoms. The van der Waals surface area contributed by atoms with Crippen LogP contribution in [0, 0.1) is 5.92 Å². The number of carbonyl (C=O) groups excluding carboxylic acids is 2. The highest BCUT2D eigenvalue weighted by atomic mass is 16.5. The summed E-state index contributed by atoms with van der Waals surface area (Å²) in [5.41, 5.74) is 2.78. The first-order chi connectivity index (χ1) is 12.2. The molecule has 1 N–H and O–H groups in total. The van der Waals surface area contributed by atoms with Gasteiger partial charge in [-0.1, -0.05) is 24.3 Å². The first-order valence-corrected chi connectivity index (χ1v) is 8.63. The second-order valence-electron chi connectivity index (χ2n) is 6.51. The number of anilines is 2. The van der Waals surface area contributed by atoms with E-state index >= 15 is 0 Å². The van der Waals surface area contributed by atoms with E-state index in [1.165, 1.54) is 0 Å². The predicted octanol–water partition coefficient (Wildman–Crippen LogP) is 3.00. The van der Waals surface area contributed by atoms with E-state index in [1.54, 1.807) is 0 Å². The first-order valence-electron chi connectivity index (χ1n) is 8.63. The molecule has 4 rings (SSSR count). The standard InChI is InChI=1S/C20H20N2O3/c23-19(13-25-17-4-2-1-3-5-17)21-16-9-8-14-10-11-22(18(14)12-16)20(24)15-6-7-15/h1-5,8-9,12,15H,6-7,10-11,13H2,(H,21,23). The summed E-state index contributed by atoms with van der Waals surface area (Å²) in [5.74, 6) is 0.854. The highest BCUT2D eigenvalue weighted by molar-refractivity contribution is 5.99. The molecule has 1 saturated carbocycles. The minimum Gasteiger partial charge on any atom is -0.484 e. The summed E-state index contributed by atoms with van der Waals surface area (Å²) in [6.45, 7) is 0.686. The Hall–Kier alpha value is -2.82. The molecule has 0 bridgehead atoms. The molecule has 1 fully saturated rings. The van der Waals surface area contributed by atoms with Gasteiger partial charge in [0, 0.05) is 23.8 Å². The number of nitrogens with zero attached hydrogens (tertiary/aromatic N) is 1. The van der Waals surface area contributed by atoms with Crippen molar-refractivity contribution in [2.75, 3.05) is 23.4 Å². The molecule has 1 aliphatic carbocycles. The van der Waals surface area contributed by atoms with E-state index in [0.717, 1.165) is 37.1 Å². The van der Waals surface area contributed by atoms with Crippen molar-refractivity contribution in [3.05, 3.63) is 54.1 Å². The van der Waals surface area contributed by atoms with Gasteiger partial charge in [-0.05, 0) is 49.1 Å². The topological polar surface area (TPSA) is 58.6 Å². The lowest BCUT2D eigenvalue weighted by molar-refractivity contribution is -0.119. The summed E-state index contributed by atoms with van der Waals surface area (Å²) in [6, 6.07) is 15.0. The van der Waals surface area contributed by atoms with Gasteiger partial charge < -0.3 is 15.0 Å². The molecule has 2 aliphatic rings. The van der Waals surface area contributed by atoms with E-state index < -0.39 is 0 Å². The van der Waals surface area contributed by atoms with Crippen LogP contribution in [0.25, 0.3) is 0 Å². The van der Waals surface area contributed by atoms with Crippen LogP contribution in [0.15, 0.2) is 48.5 Å². The summed E-state index contributed by atoms with van der Waals surface area (Å²) in [4.78, 5) is 26.3. The Morgan fingerprint density at radius 1 is 1.12 bits per heavy atom. The van der Waals surface area contributed by atoms with Crippen molar-refractivity contribution in [2.24, 2.45) is 5.92 Å². The third-order valence-corrected chi connectivity index (χ3v) is 4.57. The number of carbonyl (C=O) groups is 2. The van der Waals surface area contributed by atoms with Gasteiger partial charge >= 0.3 is 0 Å². The van der Waals surface area contributed by atoms with Crippen molar-refractivity contribution in [1.82, 2.24) is 0 Å². The molecule has 1 heterocycles. The number of para-hydroxylation sites is 1. The summed E-state index contributed by atoms with van der Waals surface area (Å²) in [5, 5.41) is 2.84. The van der Waals surface area contributed by atoms with Crippen LogP contribution in [-0.4, -0.2) is 25.0 Å². The van der Waals surface area contributed by atoms with E-state index in [4.69, 9.17) is 4.74 Å². The Balaban J connectivity index is 1.40. The molecule has 1 aliphatic heterocycles. The van der Waals surface area contributed by atoms with Crippen molar-refractivity contribution in [3.8, 4) is 5.75 Å². The van der Waals surface area contributed by atoms with Crippen LogP contribution >= 0.6 is 0 Å². The van der Waals surface area contributed by atoms with Gasteiger partial charge in [0.05, 0.1) is 0 Å². The maximum atomic E-state index is 12.4. The number of amides is 2. The Morgan fingerprint density at radius 2 is 1.92 bits per heavy atom. The van der Waals surface area contributed by atoms with Crippen molar-refractivity contribution in [1.29, 1.82) is 0 Å². The lowest BCUT2D eigenvalue weighted by Crippen LogP contribution is -2.30. The fourth-order valence-corrected chi connectivity index (χ4v) is 3.10. The van der Waals surface area contributed by atoms with Gasteiger partial charge in [-0.25, -0.2) is 0 Å². The van der Waals surface area contributed by atoms with Gasteiger partial charge in [-0.3, -0.25) is 9.59 Å². The zero-order valence-corrected chi connectivity index (χ0v) is 13.9. The van der Waals surface area contributed by atoms with Crippen LogP contribution in [0.5, 0.6) is 5.75 Å². The van der Waals surface area contributed by atoms with Crippen molar-refractivity contribution in [2.45, 2.75) is 19.3 Å². The SMILES string of the molecule is O=C(COc1ccccc1)Nc1ccc2c(c1)N(C(=O)C1CC1)CC2. The maximum absolute atomic E-state index is 12.4. The largest absolute Gasteiger partial charge is 0.484 e. The molecule has 128 valence electrons. The number of nitrogens with one attached hydrogen (secondary N) is 1. The van der Waals surface area contributed by atoms with Gasteiger partial charge in [-0.2, -0.15) is 0 Å². The first kappa shape index (κ1) is 15.7. The normalized spacial score (nSPS) is 15.6. The van der Waals surface area contributed by atoms with Crippen molar-refractivity contribution < 1.29 is 14.3 Å². The third-order valence-electron chi connectivity index (χ3n) is 4.57. The molecule has 5 nitrogen and oxygen atoms in total. The minimum atomic E-state index is -0.220. The molecule has 0 radical (unpaired) electrons. The zero-order chi connectivity index (χ0) is 17.2. The van der Waals surface area contributed by atoms with Crippen LogP contribution in [-0.2, 0) is 16.0 Å². The molecule has 2 amide bonds. The predicted molar refractivity (Wildman–Crippen MR) is 95.8 cm³/mol. The van der Waals surface area contributed by atoms with E-state index in [0.29, 0.717) is 11.4 Å². The Labute approximate surface area is 146 Å². The van der Waals surface area contributed by atoms with E-state index in [2.05, 4.69) is 5.32 Å². The average Bonchev–Trinajstić information content (AvgIpc) is 3.40. The summed E-state index contributed by atoms with van der Waals surface area (Å²) >= 11 is 0. The molecular formula is C20H20N2O3. The highest BCUT2D eigenvalue weighted by Crippen LogP contribution is 2.37. The van der Waals surface area contributed by atoms with Crippen molar-refractivity contribution >= 4 is 23.2 Å². The number of fused-ring (bicyclic) bond motifs is 1. The summed E-state index contributed by atoms with van der Waals surface area (Å²) in [6.07, 6.45) is 2.87. The Bertz CT molecular complexity index is 800. The monoisotopic (exact) mass is 336 g/mol. The molecule has 0 atom stereocenters. The Kier molecular flexibility index (Phi) is 4.14. The van der Waals surface area contributed by atoms with Crippen molar-refractivity contribution in [3.63, 3.8) is 0 Å². The van der Waals surface area contributed by atoms with E-state index in [9.17, 15) is 9.59 Å². The van der Waals surface area contributed by atoms with Gasteiger partial charge in [0.15, 0.2) is 6.61 Å². The fraction of sp³-hybridized carbons (Fsp3) is 0.300. The number of hydrogen-bond acceptors (Lipinski definition) is 3. The zero-order valence-electron chi connectivity index (χ0n) is 13.9. The average molecular weight is 336 g/mol. The minimum absolute atomic E-state index is 0.0498. The van der Waals surface area contributed by atoms with Gasteiger partial charge in [-0.15, -0.1) is 0 Å². The number of rotatable bonds is 5. The number of hydrogen-bond donors (Lipinski definition) is 1. The third kappa shape index (κ3) is 3.50. The van der Waals surface area contributed by atoms with Gasteiger partial charge in [0.2, 0.25) is 5.91 Å². The maximum Gasteiger partial charge on any atom is 0.262 e. The number of benzene rings is 2. The van der Waals surface area contributed by atoms with E-state index in [-0.39, 0.29) is 24.3 Å². The molecule has 0 unspecified atom stereocenters. The van der Waals surface area contributed by atoms with Gasteiger partial charge in [0.1, 0.15) is 5.75 Å². The van der Waals surface area contributed by atoms with Crippen LogP contribution < -0.4 is 15.0 Å². The molecular weight excluding hydrogens is 316 g/mol. The van der Waals surface area contributed by atoms with Gasteiger partial charge in [0.25, 0.3) is 5.91 Å². The summed E-state index contributed by atoms with van der Waals surface area (Å²) < 4.78 is 5.46. The second-order valence-corrected chi connectivity index (χ2v) is 6.51. The molecule has 0 aromatic heterocycles. The molecule has 25 heavy (non-hydrogen) atoms. The molecule has 2 aromatic carbocycles. The molecule has 0 saturated heterocycles. The number of ether oxygens (including phenoxy) is 1. The van der Waals surface area contributed by atoms with Crippen LogP contribution in [0.2, 0.25) is 0 Å². The lowest BCUT2D eigenvalue weighted by Gasteiger charge is -2.18. The fourth-order valence-electron chi connectivity index (χ4n) is 3.10. The van der Waals surface area contributed by atoms with E-state index in [1.807, 2.05) is 53.4 Å². The second kappa shape index (κ2) is 6.59. The molecule has 5 heteroatoms. The quantitative estimate of drug-likeness (QED) is 0.913. The van der Waals surface area contributed by atoms with Crippen LogP contribution in [0.4, 0.5) is 11.4 Å². The van der Waals surface area contributed by atoms with Crippen LogP contribution in [0.1, 0.15) is 18.4 Å². The molecule has 2 aromatic rings. The smallest absolute Gasteiger partial charge is 0.262 e. The van der Waals surface area contributed by atoms with Crippen LogP contribution in [0.3, 0.4) is 0 Å². The Morgan fingerprint density at radius 3 is 2.68 bits per heavy atom. The lowest BCUT2D eigenvalue weighted by atomic mass is 10.1.